The summed E-state index contributed by atoms with van der Waals surface area (Å²) in [5, 5.41) is 9.95. The second-order valence-electron chi connectivity index (χ2n) is 4.07. The van der Waals surface area contributed by atoms with Gasteiger partial charge in [-0.1, -0.05) is 23.7 Å². The Morgan fingerprint density at radius 1 is 1.53 bits per heavy atom. The van der Waals surface area contributed by atoms with Crippen molar-refractivity contribution in [2.45, 2.75) is 6.92 Å². The molecule has 0 atom stereocenters. The first-order valence-corrected chi connectivity index (χ1v) is 7.39. The fraction of sp³-hybridized carbons (Fsp3) is 0.167. The number of aromatic nitrogens is 1. The van der Waals surface area contributed by atoms with Gasteiger partial charge in [0.1, 0.15) is 0 Å². The van der Waals surface area contributed by atoms with Crippen LogP contribution in [0.2, 0.25) is 5.02 Å². The Labute approximate surface area is 128 Å². The standard InChI is InChI=1S/C12H12BrClN4S/c1-6-3-4-7(5-8(6)14)9-10(11(15)18(2)16)19-12(13)17-9/h3-5,15H,16H2,1-2H3. The van der Waals surface area contributed by atoms with Crippen LogP contribution in [0.5, 0.6) is 0 Å². The van der Waals surface area contributed by atoms with E-state index in [4.69, 9.17) is 22.9 Å². The average molecular weight is 360 g/mol. The number of halogens is 2. The Bertz CT molecular complexity index is 639. The van der Waals surface area contributed by atoms with Gasteiger partial charge >= 0.3 is 0 Å². The van der Waals surface area contributed by atoms with E-state index in [9.17, 15) is 0 Å². The zero-order valence-electron chi connectivity index (χ0n) is 10.4. The summed E-state index contributed by atoms with van der Waals surface area (Å²) in [5.74, 6) is 5.84. The van der Waals surface area contributed by atoms with Crippen molar-refractivity contribution in [3.63, 3.8) is 0 Å². The lowest BCUT2D eigenvalue weighted by atomic mass is 10.1. The van der Waals surface area contributed by atoms with Crippen LogP contribution in [0.3, 0.4) is 0 Å². The summed E-state index contributed by atoms with van der Waals surface area (Å²) < 4.78 is 0.709. The van der Waals surface area contributed by atoms with E-state index in [2.05, 4.69) is 20.9 Å². The molecule has 100 valence electrons. The second kappa shape index (κ2) is 5.58. The SMILES string of the molecule is Cc1ccc(-c2nc(Br)sc2C(=N)N(C)N)cc1Cl. The molecule has 4 nitrogen and oxygen atoms in total. The zero-order valence-corrected chi connectivity index (χ0v) is 13.5. The number of hydrazine groups is 1. The number of benzene rings is 1. The highest BCUT2D eigenvalue weighted by molar-refractivity contribution is 9.11. The quantitative estimate of drug-likeness (QED) is 0.372. The molecular weight excluding hydrogens is 348 g/mol. The second-order valence-corrected chi connectivity index (χ2v) is 6.75. The molecule has 0 bridgehead atoms. The molecule has 2 aromatic rings. The van der Waals surface area contributed by atoms with Crippen molar-refractivity contribution in [3.8, 4) is 11.3 Å². The molecule has 1 heterocycles. The Balaban J connectivity index is 2.55. The molecule has 0 aliphatic rings. The average Bonchev–Trinajstić information content (AvgIpc) is 2.73. The number of nitrogens with two attached hydrogens (primary N) is 1. The van der Waals surface area contributed by atoms with Crippen molar-refractivity contribution in [1.29, 1.82) is 5.41 Å². The normalized spacial score (nSPS) is 10.6. The number of thiazole rings is 1. The van der Waals surface area contributed by atoms with E-state index in [-0.39, 0.29) is 5.84 Å². The van der Waals surface area contributed by atoms with Crippen LogP contribution in [-0.4, -0.2) is 22.9 Å². The maximum atomic E-state index is 8.00. The van der Waals surface area contributed by atoms with Gasteiger partial charge in [-0.05, 0) is 34.5 Å². The zero-order chi connectivity index (χ0) is 14.2. The number of hydrogen-bond donors (Lipinski definition) is 2. The van der Waals surface area contributed by atoms with Crippen LogP contribution in [0.25, 0.3) is 11.3 Å². The van der Waals surface area contributed by atoms with Gasteiger partial charge in [0.15, 0.2) is 9.75 Å². The minimum Gasteiger partial charge on any atom is -0.297 e. The monoisotopic (exact) mass is 358 g/mol. The molecule has 2 rings (SSSR count). The number of rotatable bonds is 2. The summed E-state index contributed by atoms with van der Waals surface area (Å²) in [5.41, 5.74) is 2.59. The van der Waals surface area contributed by atoms with E-state index in [1.54, 1.807) is 7.05 Å². The summed E-state index contributed by atoms with van der Waals surface area (Å²) >= 11 is 10.9. The van der Waals surface area contributed by atoms with E-state index < -0.39 is 0 Å². The van der Waals surface area contributed by atoms with Crippen molar-refractivity contribution in [3.05, 3.63) is 37.6 Å². The molecule has 19 heavy (non-hydrogen) atoms. The lowest BCUT2D eigenvalue weighted by Crippen LogP contribution is -2.32. The van der Waals surface area contributed by atoms with Crippen LogP contribution in [0.15, 0.2) is 22.1 Å². The van der Waals surface area contributed by atoms with Gasteiger partial charge in [0, 0.05) is 17.6 Å². The van der Waals surface area contributed by atoms with Gasteiger partial charge in [-0.3, -0.25) is 10.4 Å². The van der Waals surface area contributed by atoms with Crippen molar-refractivity contribution >= 4 is 44.7 Å². The van der Waals surface area contributed by atoms with Gasteiger partial charge in [0.25, 0.3) is 0 Å². The molecule has 0 saturated heterocycles. The first-order valence-electron chi connectivity index (χ1n) is 5.40. The maximum Gasteiger partial charge on any atom is 0.160 e. The third-order valence-electron chi connectivity index (χ3n) is 2.61. The predicted octanol–water partition coefficient (Wildman–Crippen LogP) is 3.67. The van der Waals surface area contributed by atoms with Crippen molar-refractivity contribution in [2.24, 2.45) is 5.84 Å². The third kappa shape index (κ3) is 2.97. The van der Waals surface area contributed by atoms with Gasteiger partial charge in [-0.25, -0.2) is 10.8 Å². The van der Waals surface area contributed by atoms with Crippen LogP contribution in [0.4, 0.5) is 0 Å². The number of hydrogen-bond acceptors (Lipinski definition) is 4. The van der Waals surface area contributed by atoms with E-state index in [0.717, 1.165) is 11.1 Å². The fourth-order valence-corrected chi connectivity index (χ4v) is 3.20. The highest BCUT2D eigenvalue weighted by atomic mass is 79.9. The highest BCUT2D eigenvalue weighted by Gasteiger charge is 2.18. The van der Waals surface area contributed by atoms with Gasteiger partial charge in [-0.2, -0.15) is 0 Å². The lowest BCUT2D eigenvalue weighted by Gasteiger charge is -2.12. The third-order valence-corrected chi connectivity index (χ3v) is 4.53. The molecule has 0 aliphatic heterocycles. The molecule has 0 spiro atoms. The molecule has 0 amide bonds. The van der Waals surface area contributed by atoms with Gasteiger partial charge in [0.05, 0.1) is 10.6 Å². The summed E-state index contributed by atoms with van der Waals surface area (Å²) in [6.45, 7) is 1.94. The predicted molar refractivity (Wildman–Crippen MR) is 83.8 cm³/mol. The summed E-state index contributed by atoms with van der Waals surface area (Å²) in [7, 11) is 1.63. The van der Waals surface area contributed by atoms with Crippen LogP contribution < -0.4 is 5.84 Å². The van der Waals surface area contributed by atoms with E-state index in [1.807, 2.05) is 25.1 Å². The van der Waals surface area contributed by atoms with Gasteiger partial charge in [0.2, 0.25) is 0 Å². The Morgan fingerprint density at radius 3 is 2.79 bits per heavy atom. The minimum absolute atomic E-state index is 0.217. The smallest absolute Gasteiger partial charge is 0.160 e. The molecule has 0 radical (unpaired) electrons. The molecule has 0 aliphatic carbocycles. The van der Waals surface area contributed by atoms with Crippen molar-refractivity contribution in [2.75, 3.05) is 7.05 Å². The van der Waals surface area contributed by atoms with E-state index in [0.29, 0.717) is 19.5 Å². The largest absolute Gasteiger partial charge is 0.297 e. The fourth-order valence-electron chi connectivity index (χ4n) is 1.55. The minimum atomic E-state index is 0.217. The summed E-state index contributed by atoms with van der Waals surface area (Å²) in [6.07, 6.45) is 0. The van der Waals surface area contributed by atoms with Crippen LogP contribution in [0, 0.1) is 12.3 Å². The van der Waals surface area contributed by atoms with Crippen LogP contribution in [-0.2, 0) is 0 Å². The molecule has 3 N–H and O–H groups in total. The molecular formula is C12H12BrClN4S. The maximum absolute atomic E-state index is 8.00. The Kier molecular flexibility index (Phi) is 4.25. The Hall–Kier alpha value is -0.950. The molecule has 0 fully saturated rings. The summed E-state index contributed by atoms with van der Waals surface area (Å²) in [4.78, 5) is 5.11. The highest BCUT2D eigenvalue weighted by Crippen LogP contribution is 2.33. The Morgan fingerprint density at radius 2 is 2.21 bits per heavy atom. The van der Waals surface area contributed by atoms with Crippen LogP contribution in [0.1, 0.15) is 10.4 Å². The van der Waals surface area contributed by atoms with Crippen molar-refractivity contribution in [1.82, 2.24) is 9.99 Å². The van der Waals surface area contributed by atoms with Gasteiger partial charge in [-0.15, -0.1) is 11.3 Å². The van der Waals surface area contributed by atoms with Crippen molar-refractivity contribution < 1.29 is 0 Å². The molecule has 7 heteroatoms. The van der Waals surface area contributed by atoms with E-state index in [1.165, 1.54) is 16.3 Å². The molecule has 0 unspecified atom stereocenters. The van der Waals surface area contributed by atoms with Crippen LogP contribution >= 0.6 is 38.9 Å². The van der Waals surface area contributed by atoms with Gasteiger partial charge < -0.3 is 0 Å². The number of amidine groups is 1. The number of nitrogens with zero attached hydrogens (tertiary/aromatic N) is 2. The first-order chi connectivity index (χ1) is 8.90. The molecule has 0 saturated carbocycles. The first kappa shape index (κ1) is 14.5. The molecule has 1 aromatic heterocycles. The summed E-state index contributed by atoms with van der Waals surface area (Å²) in [6, 6.07) is 5.73. The lowest BCUT2D eigenvalue weighted by molar-refractivity contribution is 0.537. The molecule has 1 aromatic carbocycles. The van der Waals surface area contributed by atoms with E-state index >= 15 is 0 Å². The number of aryl methyl sites for hydroxylation is 1. The number of nitrogens with one attached hydrogen (secondary N) is 1. The topological polar surface area (TPSA) is 66.0 Å².